The minimum atomic E-state index is -1.03. The number of thiocarbonyl (C=S) groups is 1. The highest BCUT2D eigenvalue weighted by molar-refractivity contribution is 14.1. The van der Waals surface area contributed by atoms with Crippen molar-refractivity contribution >= 4 is 57.5 Å². The number of aromatic carboxylic acids is 1. The Balaban J connectivity index is 2.01. The molecule has 0 spiro atoms. The Hall–Kier alpha value is -2.00. The van der Waals surface area contributed by atoms with Gasteiger partial charge in [-0.1, -0.05) is 6.07 Å². The fraction of sp³-hybridized carbons (Fsp3) is 0. The lowest BCUT2D eigenvalue weighted by molar-refractivity contribution is 0.0696. The van der Waals surface area contributed by atoms with Crippen molar-refractivity contribution in [1.82, 2.24) is 5.32 Å². The van der Waals surface area contributed by atoms with E-state index < -0.39 is 5.97 Å². The molecule has 112 valence electrons. The summed E-state index contributed by atoms with van der Waals surface area (Å²) in [5.41, 5.74) is 1.12. The van der Waals surface area contributed by atoms with Gasteiger partial charge in [-0.15, -0.1) is 0 Å². The zero-order valence-electron chi connectivity index (χ0n) is 11.2. The number of carboxylic acid groups (broad SMARTS) is 1. The highest BCUT2D eigenvalue weighted by atomic mass is 127. The smallest absolute Gasteiger partial charge is 0.335 e. The van der Waals surface area contributed by atoms with Crippen LogP contribution in [0.1, 0.15) is 20.7 Å². The first kappa shape index (κ1) is 16.4. The van der Waals surface area contributed by atoms with E-state index in [1.54, 1.807) is 24.3 Å². The number of nitrogens with one attached hydrogen (secondary N) is 2. The molecule has 5 nitrogen and oxygen atoms in total. The summed E-state index contributed by atoms with van der Waals surface area (Å²) in [6.07, 6.45) is 0. The summed E-state index contributed by atoms with van der Waals surface area (Å²) in [4.78, 5) is 22.9. The van der Waals surface area contributed by atoms with E-state index in [9.17, 15) is 9.59 Å². The third kappa shape index (κ3) is 4.50. The topological polar surface area (TPSA) is 78.4 Å². The van der Waals surface area contributed by atoms with Gasteiger partial charge < -0.3 is 10.4 Å². The predicted molar refractivity (Wildman–Crippen MR) is 96.2 cm³/mol. The number of amides is 1. The van der Waals surface area contributed by atoms with Crippen molar-refractivity contribution in [2.45, 2.75) is 0 Å². The molecule has 0 saturated carbocycles. The van der Waals surface area contributed by atoms with Crippen LogP contribution >= 0.6 is 34.8 Å². The maximum atomic E-state index is 12.0. The third-order valence-corrected chi connectivity index (χ3v) is 3.62. The third-order valence-electron chi connectivity index (χ3n) is 2.70. The van der Waals surface area contributed by atoms with Gasteiger partial charge in [-0.2, -0.15) is 0 Å². The number of carboxylic acids is 1. The Morgan fingerprint density at radius 1 is 1.05 bits per heavy atom. The van der Waals surface area contributed by atoms with Crippen molar-refractivity contribution in [3.63, 3.8) is 0 Å². The predicted octanol–water partition coefficient (Wildman–Crippen LogP) is 3.12. The lowest BCUT2D eigenvalue weighted by atomic mass is 10.2. The highest BCUT2D eigenvalue weighted by Crippen LogP contribution is 2.11. The van der Waals surface area contributed by atoms with Gasteiger partial charge in [0.25, 0.3) is 5.91 Å². The summed E-state index contributed by atoms with van der Waals surface area (Å²) in [5.74, 6) is -1.36. The molecule has 0 aromatic heterocycles. The lowest BCUT2D eigenvalue weighted by Crippen LogP contribution is -2.34. The molecule has 0 aliphatic heterocycles. The Bertz CT molecular complexity index is 732. The van der Waals surface area contributed by atoms with Gasteiger partial charge >= 0.3 is 5.97 Å². The standard InChI is InChI=1S/C15H11IN2O3S/c16-11-6-4-9(5-7-11)13(19)18-15(22)17-12-3-1-2-10(8-12)14(20)21/h1-8H,(H,20,21)(H2,17,18,19,22). The summed E-state index contributed by atoms with van der Waals surface area (Å²) in [7, 11) is 0. The molecule has 0 bridgehead atoms. The average molecular weight is 426 g/mol. The molecule has 0 heterocycles. The van der Waals surface area contributed by atoms with Gasteiger partial charge in [0, 0.05) is 14.8 Å². The summed E-state index contributed by atoms with van der Waals surface area (Å²) in [6.45, 7) is 0. The van der Waals surface area contributed by atoms with Gasteiger partial charge in [0.1, 0.15) is 0 Å². The Morgan fingerprint density at radius 2 is 1.73 bits per heavy atom. The molecule has 3 N–H and O–H groups in total. The van der Waals surface area contributed by atoms with E-state index in [2.05, 4.69) is 33.2 Å². The average Bonchev–Trinajstić information content (AvgIpc) is 2.47. The van der Waals surface area contributed by atoms with Gasteiger partial charge in [0.2, 0.25) is 0 Å². The van der Waals surface area contributed by atoms with E-state index in [0.29, 0.717) is 11.3 Å². The zero-order chi connectivity index (χ0) is 16.1. The fourth-order valence-corrected chi connectivity index (χ4v) is 2.24. The van der Waals surface area contributed by atoms with Crippen LogP contribution in [-0.2, 0) is 0 Å². The van der Waals surface area contributed by atoms with Crippen LogP contribution in [0.3, 0.4) is 0 Å². The molecule has 0 radical (unpaired) electrons. The first-order chi connectivity index (χ1) is 10.5. The van der Waals surface area contributed by atoms with Crippen molar-refractivity contribution in [3.8, 4) is 0 Å². The van der Waals surface area contributed by atoms with Crippen molar-refractivity contribution in [2.24, 2.45) is 0 Å². The van der Waals surface area contributed by atoms with Gasteiger partial charge in [0.15, 0.2) is 5.11 Å². The van der Waals surface area contributed by atoms with Crippen LogP contribution in [-0.4, -0.2) is 22.1 Å². The normalized spacial score (nSPS) is 9.86. The van der Waals surface area contributed by atoms with E-state index in [0.717, 1.165) is 3.57 Å². The molecule has 2 rings (SSSR count). The van der Waals surface area contributed by atoms with Crippen LogP contribution in [0, 0.1) is 3.57 Å². The molecule has 0 fully saturated rings. The Morgan fingerprint density at radius 3 is 2.36 bits per heavy atom. The summed E-state index contributed by atoms with van der Waals surface area (Å²) in [5, 5.41) is 14.4. The van der Waals surface area contributed by atoms with Crippen LogP contribution in [0.15, 0.2) is 48.5 Å². The SMILES string of the molecule is O=C(O)c1cccc(NC(=S)NC(=O)c2ccc(I)cc2)c1. The van der Waals surface area contributed by atoms with Crippen molar-refractivity contribution in [1.29, 1.82) is 0 Å². The van der Waals surface area contributed by atoms with Crippen LogP contribution < -0.4 is 10.6 Å². The number of benzene rings is 2. The monoisotopic (exact) mass is 426 g/mol. The van der Waals surface area contributed by atoms with Gasteiger partial charge in [-0.05, 0) is 77.3 Å². The molecule has 0 saturated heterocycles. The first-order valence-electron chi connectivity index (χ1n) is 6.17. The number of hydrogen-bond donors (Lipinski definition) is 3. The van der Waals surface area contributed by atoms with E-state index >= 15 is 0 Å². The molecule has 7 heteroatoms. The maximum Gasteiger partial charge on any atom is 0.335 e. The zero-order valence-corrected chi connectivity index (χ0v) is 14.1. The second-order valence-electron chi connectivity index (χ2n) is 4.30. The minimum absolute atomic E-state index is 0.103. The van der Waals surface area contributed by atoms with E-state index in [4.69, 9.17) is 17.3 Å². The second-order valence-corrected chi connectivity index (χ2v) is 5.95. The number of hydrogen-bond acceptors (Lipinski definition) is 3. The van der Waals surface area contributed by atoms with Crippen LogP contribution in [0.5, 0.6) is 0 Å². The largest absolute Gasteiger partial charge is 0.478 e. The van der Waals surface area contributed by atoms with E-state index in [1.807, 2.05) is 12.1 Å². The van der Waals surface area contributed by atoms with E-state index in [1.165, 1.54) is 12.1 Å². The number of anilines is 1. The molecular weight excluding hydrogens is 415 g/mol. The second kappa shape index (κ2) is 7.32. The fourth-order valence-electron chi connectivity index (χ4n) is 1.67. The molecule has 0 atom stereocenters. The van der Waals surface area contributed by atoms with Crippen molar-refractivity contribution in [2.75, 3.05) is 5.32 Å². The molecule has 2 aromatic carbocycles. The molecule has 1 amide bonds. The Kier molecular flexibility index (Phi) is 5.45. The molecule has 0 unspecified atom stereocenters. The summed E-state index contributed by atoms with van der Waals surface area (Å²) in [6, 6.07) is 13.2. The van der Waals surface area contributed by atoms with Gasteiger partial charge in [-0.3, -0.25) is 10.1 Å². The molecule has 22 heavy (non-hydrogen) atoms. The summed E-state index contributed by atoms with van der Waals surface area (Å²) >= 11 is 7.21. The quantitative estimate of drug-likeness (QED) is 0.520. The molecular formula is C15H11IN2O3S. The van der Waals surface area contributed by atoms with Crippen molar-refractivity contribution < 1.29 is 14.7 Å². The lowest BCUT2D eigenvalue weighted by Gasteiger charge is -2.10. The van der Waals surface area contributed by atoms with Gasteiger partial charge in [0.05, 0.1) is 5.56 Å². The first-order valence-corrected chi connectivity index (χ1v) is 7.65. The van der Waals surface area contributed by atoms with Gasteiger partial charge in [-0.25, -0.2) is 4.79 Å². The Labute approximate surface area is 145 Å². The van der Waals surface area contributed by atoms with Crippen LogP contribution in [0.4, 0.5) is 5.69 Å². The molecule has 0 aliphatic carbocycles. The summed E-state index contributed by atoms with van der Waals surface area (Å²) < 4.78 is 1.03. The number of halogens is 1. The highest BCUT2D eigenvalue weighted by Gasteiger charge is 2.09. The van der Waals surface area contributed by atoms with Crippen LogP contribution in [0.2, 0.25) is 0 Å². The number of carbonyl (C=O) groups excluding carboxylic acids is 1. The van der Waals surface area contributed by atoms with E-state index in [-0.39, 0.29) is 16.6 Å². The number of rotatable bonds is 3. The minimum Gasteiger partial charge on any atom is -0.478 e. The van der Waals surface area contributed by atoms with Crippen molar-refractivity contribution in [3.05, 3.63) is 63.2 Å². The maximum absolute atomic E-state index is 12.0. The molecule has 2 aromatic rings. The number of carbonyl (C=O) groups is 2. The molecule has 0 aliphatic rings. The van der Waals surface area contributed by atoms with Crippen LogP contribution in [0.25, 0.3) is 0 Å².